The standard InChI is InChI=1S/C24H29NO2S/c26-22(11-20-18-9-17-10-19(20)14-24(27,12-17)13-18)21-15-28-23(25-21)8-4-7-16-5-2-1-3-6-16/h1-3,5-6,15,17-20,27H,4,7-14H2. The molecule has 4 aliphatic rings. The Morgan fingerprint density at radius 1 is 1.11 bits per heavy atom. The molecule has 4 aliphatic carbocycles. The molecule has 6 rings (SSSR count). The predicted octanol–water partition coefficient (Wildman–Crippen LogP) is 5.08. The molecular weight excluding hydrogens is 366 g/mol. The van der Waals surface area contributed by atoms with Crippen LogP contribution in [0, 0.1) is 23.7 Å². The first-order valence-corrected chi connectivity index (χ1v) is 11.7. The molecule has 1 aromatic carbocycles. The highest BCUT2D eigenvalue weighted by Gasteiger charge is 2.54. The van der Waals surface area contributed by atoms with Crippen molar-refractivity contribution in [3.8, 4) is 0 Å². The second kappa shape index (κ2) is 7.38. The lowest BCUT2D eigenvalue weighted by Crippen LogP contribution is -2.54. The zero-order valence-electron chi connectivity index (χ0n) is 16.3. The van der Waals surface area contributed by atoms with Crippen molar-refractivity contribution in [1.82, 2.24) is 4.98 Å². The molecule has 4 fully saturated rings. The number of Topliss-reactive ketones (excluding diaryl/α,β-unsaturated/α-hetero) is 1. The van der Waals surface area contributed by atoms with E-state index in [-0.39, 0.29) is 5.78 Å². The van der Waals surface area contributed by atoms with Crippen molar-refractivity contribution in [1.29, 1.82) is 0 Å². The average Bonchev–Trinajstić information content (AvgIpc) is 3.13. The number of benzene rings is 1. The molecule has 148 valence electrons. The highest BCUT2D eigenvalue weighted by Crippen LogP contribution is 2.59. The van der Waals surface area contributed by atoms with Gasteiger partial charge in [-0.1, -0.05) is 30.3 Å². The van der Waals surface area contributed by atoms with Crippen LogP contribution in [0.25, 0.3) is 0 Å². The molecule has 0 aliphatic heterocycles. The van der Waals surface area contributed by atoms with Crippen molar-refractivity contribution in [3.63, 3.8) is 0 Å². The van der Waals surface area contributed by atoms with E-state index in [1.807, 2.05) is 11.4 Å². The van der Waals surface area contributed by atoms with Gasteiger partial charge in [-0.05, 0) is 80.6 Å². The van der Waals surface area contributed by atoms with E-state index in [1.54, 1.807) is 11.3 Å². The molecule has 2 aromatic rings. The molecule has 4 bridgehead atoms. The molecule has 1 heterocycles. The highest BCUT2D eigenvalue weighted by molar-refractivity contribution is 7.09. The number of thiazole rings is 1. The summed E-state index contributed by atoms with van der Waals surface area (Å²) in [5.74, 6) is 2.47. The summed E-state index contributed by atoms with van der Waals surface area (Å²) < 4.78 is 0. The maximum absolute atomic E-state index is 12.9. The minimum Gasteiger partial charge on any atom is -0.390 e. The normalized spacial score (nSPS) is 33.3. The maximum atomic E-state index is 12.9. The SMILES string of the molecule is O=C(CC1C2CC3CC1CC(O)(C3)C2)c1csc(CCCc2ccccc2)n1. The van der Waals surface area contributed by atoms with Gasteiger partial charge in [-0.15, -0.1) is 11.3 Å². The Bertz CT molecular complexity index is 829. The van der Waals surface area contributed by atoms with Crippen LogP contribution in [-0.2, 0) is 12.8 Å². The number of aromatic nitrogens is 1. The van der Waals surface area contributed by atoms with Crippen molar-refractivity contribution in [2.24, 2.45) is 23.7 Å². The van der Waals surface area contributed by atoms with Crippen LogP contribution in [0.2, 0.25) is 0 Å². The smallest absolute Gasteiger partial charge is 0.182 e. The number of hydrogen-bond donors (Lipinski definition) is 1. The first-order chi connectivity index (χ1) is 13.6. The van der Waals surface area contributed by atoms with Gasteiger partial charge in [-0.2, -0.15) is 0 Å². The van der Waals surface area contributed by atoms with Crippen LogP contribution in [0.3, 0.4) is 0 Å². The van der Waals surface area contributed by atoms with Gasteiger partial charge in [-0.25, -0.2) is 4.98 Å². The van der Waals surface area contributed by atoms with Gasteiger partial charge in [0, 0.05) is 11.8 Å². The summed E-state index contributed by atoms with van der Waals surface area (Å²) >= 11 is 1.63. The summed E-state index contributed by atoms with van der Waals surface area (Å²) in [6, 6.07) is 10.5. The van der Waals surface area contributed by atoms with Crippen LogP contribution in [0.5, 0.6) is 0 Å². The van der Waals surface area contributed by atoms with Crippen LogP contribution in [0.15, 0.2) is 35.7 Å². The first kappa shape index (κ1) is 18.5. The second-order valence-electron chi connectivity index (χ2n) is 9.45. The van der Waals surface area contributed by atoms with Crippen molar-refractivity contribution in [3.05, 3.63) is 52.0 Å². The quantitative estimate of drug-likeness (QED) is 0.665. The van der Waals surface area contributed by atoms with Gasteiger partial charge in [0.1, 0.15) is 5.69 Å². The zero-order valence-corrected chi connectivity index (χ0v) is 17.2. The minimum atomic E-state index is -0.414. The van der Waals surface area contributed by atoms with Gasteiger partial charge in [0.2, 0.25) is 0 Å². The predicted molar refractivity (Wildman–Crippen MR) is 112 cm³/mol. The Hall–Kier alpha value is -1.52. The Kier molecular flexibility index (Phi) is 4.88. The molecule has 4 saturated carbocycles. The van der Waals surface area contributed by atoms with Crippen molar-refractivity contribution in [2.75, 3.05) is 0 Å². The van der Waals surface area contributed by atoms with E-state index in [0.717, 1.165) is 43.5 Å². The molecule has 1 aromatic heterocycles. The molecular formula is C24H29NO2S. The molecule has 3 nitrogen and oxygen atoms in total. The van der Waals surface area contributed by atoms with Crippen LogP contribution in [0.4, 0.5) is 0 Å². The van der Waals surface area contributed by atoms with Gasteiger partial charge < -0.3 is 5.11 Å². The van der Waals surface area contributed by atoms with Gasteiger partial charge in [0.15, 0.2) is 5.78 Å². The maximum Gasteiger partial charge on any atom is 0.182 e. The fourth-order valence-electron chi connectivity index (χ4n) is 6.38. The number of hydrogen-bond acceptors (Lipinski definition) is 4. The van der Waals surface area contributed by atoms with Crippen molar-refractivity contribution >= 4 is 17.1 Å². The summed E-state index contributed by atoms with van der Waals surface area (Å²) in [6.45, 7) is 0. The summed E-state index contributed by atoms with van der Waals surface area (Å²) in [4.78, 5) is 17.6. The first-order valence-electron chi connectivity index (χ1n) is 10.8. The summed E-state index contributed by atoms with van der Waals surface area (Å²) in [5, 5.41) is 13.8. The third-order valence-electron chi connectivity index (χ3n) is 7.39. The van der Waals surface area contributed by atoms with E-state index in [2.05, 4.69) is 29.2 Å². The second-order valence-corrected chi connectivity index (χ2v) is 10.4. The largest absolute Gasteiger partial charge is 0.390 e. The van der Waals surface area contributed by atoms with E-state index >= 15 is 0 Å². The monoisotopic (exact) mass is 395 g/mol. The third-order valence-corrected chi connectivity index (χ3v) is 8.30. The Balaban J connectivity index is 1.17. The molecule has 28 heavy (non-hydrogen) atoms. The van der Waals surface area contributed by atoms with Gasteiger partial charge >= 0.3 is 0 Å². The fraction of sp³-hybridized carbons (Fsp3) is 0.583. The summed E-state index contributed by atoms with van der Waals surface area (Å²) in [5.41, 5.74) is 1.62. The van der Waals surface area contributed by atoms with Gasteiger partial charge in [-0.3, -0.25) is 4.79 Å². The highest BCUT2D eigenvalue weighted by atomic mass is 32.1. The number of aliphatic hydroxyl groups is 1. The minimum absolute atomic E-state index is 0.218. The van der Waals surface area contributed by atoms with Crippen molar-refractivity contribution < 1.29 is 9.90 Å². The third kappa shape index (κ3) is 3.69. The average molecular weight is 396 g/mol. The van der Waals surface area contributed by atoms with Crippen LogP contribution < -0.4 is 0 Å². The Labute approximate surface area is 171 Å². The van der Waals surface area contributed by atoms with E-state index in [1.165, 1.54) is 18.4 Å². The van der Waals surface area contributed by atoms with Crippen LogP contribution >= 0.6 is 11.3 Å². The van der Waals surface area contributed by atoms with E-state index in [9.17, 15) is 9.90 Å². The topological polar surface area (TPSA) is 50.2 Å². The lowest BCUT2D eigenvalue weighted by Gasteiger charge is -2.58. The number of aryl methyl sites for hydroxylation is 2. The lowest BCUT2D eigenvalue weighted by atomic mass is 9.49. The summed E-state index contributed by atoms with van der Waals surface area (Å²) in [7, 11) is 0. The van der Waals surface area contributed by atoms with E-state index in [4.69, 9.17) is 0 Å². The number of carbonyl (C=O) groups excluding carboxylic acids is 1. The molecule has 2 atom stereocenters. The van der Waals surface area contributed by atoms with Crippen LogP contribution in [0.1, 0.15) is 66.0 Å². The van der Waals surface area contributed by atoms with E-state index < -0.39 is 5.60 Å². The molecule has 0 saturated heterocycles. The van der Waals surface area contributed by atoms with Gasteiger partial charge in [0.05, 0.1) is 10.6 Å². The Morgan fingerprint density at radius 2 is 1.86 bits per heavy atom. The summed E-state index contributed by atoms with van der Waals surface area (Å²) in [6.07, 6.45) is 8.97. The molecule has 2 unspecified atom stereocenters. The molecule has 0 spiro atoms. The fourth-order valence-corrected chi connectivity index (χ4v) is 7.23. The number of carbonyl (C=O) groups is 1. The number of ketones is 1. The molecule has 4 heteroatoms. The van der Waals surface area contributed by atoms with Crippen LogP contribution in [-0.4, -0.2) is 21.5 Å². The molecule has 0 radical (unpaired) electrons. The lowest BCUT2D eigenvalue weighted by molar-refractivity contribution is -0.151. The number of rotatable bonds is 7. The van der Waals surface area contributed by atoms with Crippen molar-refractivity contribution in [2.45, 2.75) is 63.4 Å². The van der Waals surface area contributed by atoms with Gasteiger partial charge in [0.25, 0.3) is 0 Å². The zero-order chi connectivity index (χ0) is 19.1. The molecule has 1 N–H and O–H groups in total. The number of nitrogens with zero attached hydrogens (tertiary/aromatic N) is 1. The molecule has 0 amide bonds. The van der Waals surface area contributed by atoms with E-state index in [0.29, 0.717) is 35.8 Å². The Morgan fingerprint density at radius 3 is 2.57 bits per heavy atom.